The average molecular weight is 1120 g/mol. The van der Waals surface area contributed by atoms with Crippen molar-refractivity contribution in [3.8, 4) is 0 Å². The first kappa shape index (κ1) is 58.5. The molecule has 0 saturated carbocycles. The van der Waals surface area contributed by atoms with Crippen LogP contribution in [0.15, 0.2) is 84.9 Å². The zero-order valence-electron chi connectivity index (χ0n) is 40.1. The van der Waals surface area contributed by atoms with Gasteiger partial charge in [-0.15, -0.1) is 0 Å². The van der Waals surface area contributed by atoms with Crippen LogP contribution in [0.1, 0.15) is 114 Å². The Morgan fingerprint density at radius 3 is 1.14 bits per heavy atom. The lowest BCUT2D eigenvalue weighted by Gasteiger charge is -2.48. The van der Waals surface area contributed by atoms with Crippen LogP contribution in [0.2, 0.25) is 20.1 Å². The topological polar surface area (TPSA) is 202 Å². The number of carboxylic acids is 2. The number of hydrogen-bond donors (Lipinski definition) is 2. The molecule has 2 amide bonds. The Morgan fingerprint density at radius 1 is 0.556 bits per heavy atom. The van der Waals surface area contributed by atoms with Crippen molar-refractivity contribution in [2.45, 2.75) is 126 Å². The lowest BCUT2D eigenvalue weighted by molar-refractivity contribution is -0.182. The summed E-state index contributed by atoms with van der Waals surface area (Å²) in [4.78, 5) is 53.3. The van der Waals surface area contributed by atoms with Crippen LogP contribution in [0, 0.1) is 11.6 Å². The Hall–Kier alpha value is -4.40. The van der Waals surface area contributed by atoms with Crippen molar-refractivity contribution in [1.82, 2.24) is 9.80 Å². The van der Waals surface area contributed by atoms with E-state index in [9.17, 15) is 55.0 Å². The second-order valence-corrected chi connectivity index (χ2v) is 25.0. The van der Waals surface area contributed by atoms with Gasteiger partial charge in [-0.25, -0.2) is 25.6 Å². The number of carbonyl (C=O) groups excluding carboxylic acids is 2. The van der Waals surface area contributed by atoms with E-state index in [-0.39, 0.29) is 45.5 Å². The molecule has 0 radical (unpaired) electrons. The number of hydrogen-bond acceptors (Lipinski definition) is 10. The molecule has 8 atom stereocenters. The van der Waals surface area contributed by atoms with Gasteiger partial charge >= 0.3 is 11.9 Å². The Kier molecular flexibility index (Phi) is 20.1. The van der Waals surface area contributed by atoms with Gasteiger partial charge in [0, 0.05) is 32.2 Å². The summed E-state index contributed by atoms with van der Waals surface area (Å²) in [7, 11) is -7.17. The molecule has 22 heteroatoms. The summed E-state index contributed by atoms with van der Waals surface area (Å²) in [6.45, 7) is 9.75. The van der Waals surface area contributed by atoms with E-state index in [0.29, 0.717) is 21.2 Å². The second-order valence-electron chi connectivity index (χ2n) is 18.1. The van der Waals surface area contributed by atoms with Gasteiger partial charge in [0.15, 0.2) is 19.7 Å². The van der Waals surface area contributed by atoms with Crippen LogP contribution in [-0.2, 0) is 48.3 Å². The highest BCUT2D eigenvalue weighted by Gasteiger charge is 2.50. The molecule has 0 bridgehead atoms. The minimum atomic E-state index is -3.58. The number of benzene rings is 4. The summed E-state index contributed by atoms with van der Waals surface area (Å²) in [6.07, 6.45) is -5.61. The maximum Gasteiger partial charge on any atom is 0.306 e. The molecule has 4 aromatic rings. The number of ether oxygens (including phenoxy) is 2. The average Bonchev–Trinajstić information content (AvgIpc) is 3.28. The summed E-state index contributed by atoms with van der Waals surface area (Å²) in [5.74, 6) is -5.76. The van der Waals surface area contributed by atoms with Gasteiger partial charge in [0.25, 0.3) is 11.8 Å². The highest BCUT2D eigenvalue weighted by atomic mass is 35.5. The molecule has 0 aliphatic carbocycles. The number of carbonyl (C=O) groups is 4. The lowest BCUT2D eigenvalue weighted by atomic mass is 9.89. The molecule has 14 nitrogen and oxygen atoms in total. The summed E-state index contributed by atoms with van der Waals surface area (Å²) in [6, 6.07) is 17.4. The normalized spacial score (nSPS) is 21.6. The Morgan fingerprint density at radius 2 is 0.875 bits per heavy atom. The third kappa shape index (κ3) is 14.5. The van der Waals surface area contributed by atoms with Gasteiger partial charge in [-0.2, -0.15) is 0 Å². The fourth-order valence-corrected chi connectivity index (χ4v) is 12.0. The quantitative estimate of drug-likeness (QED) is 0.0956. The molecule has 0 spiro atoms. The molecular formula is C50H56Cl4F2N2O12S2. The van der Waals surface area contributed by atoms with Gasteiger partial charge in [-0.1, -0.05) is 84.5 Å². The van der Waals surface area contributed by atoms with E-state index >= 15 is 0 Å². The van der Waals surface area contributed by atoms with Gasteiger partial charge in [0.2, 0.25) is 0 Å². The second kappa shape index (κ2) is 24.8. The molecule has 2 N–H and O–H groups in total. The SMILES string of the molecule is CC[C@@H](CS(=O)(=O)C(C)C)N1C(=O)[C@@H](CC(=O)O)O[C@H](c2cc(F)cc(Cl)c2)C1c1ccc(Cl)cc1.CC[C@@H](CS(=O)(=O)C(C)C)N1C(=O)[C@H](CC(=O)O)O[C@H](c2cc(F)cc(Cl)c2)C1c1ccc(Cl)cc1. The molecule has 2 heterocycles. The molecule has 2 aliphatic heterocycles. The van der Waals surface area contributed by atoms with E-state index in [1.54, 1.807) is 90.1 Å². The monoisotopic (exact) mass is 1120 g/mol. The first-order chi connectivity index (χ1) is 33.7. The summed E-state index contributed by atoms with van der Waals surface area (Å²) < 4.78 is 92.3. The third-order valence-corrected chi connectivity index (χ3v) is 18.0. The smallest absolute Gasteiger partial charge is 0.306 e. The summed E-state index contributed by atoms with van der Waals surface area (Å²) >= 11 is 24.4. The fourth-order valence-electron chi connectivity index (χ4n) is 8.62. The van der Waals surface area contributed by atoms with E-state index in [4.69, 9.17) is 55.9 Å². The maximum atomic E-state index is 14.4. The minimum Gasteiger partial charge on any atom is -0.481 e. The van der Waals surface area contributed by atoms with E-state index in [2.05, 4.69) is 0 Å². The van der Waals surface area contributed by atoms with Crippen LogP contribution in [0.3, 0.4) is 0 Å². The van der Waals surface area contributed by atoms with Crippen molar-refractivity contribution in [2.24, 2.45) is 0 Å². The Bertz CT molecular complexity index is 2590. The van der Waals surface area contributed by atoms with Gasteiger partial charge in [0.05, 0.1) is 46.9 Å². The van der Waals surface area contributed by atoms with Crippen molar-refractivity contribution in [3.05, 3.63) is 139 Å². The molecule has 4 aromatic carbocycles. The number of halogens is 6. The Balaban J connectivity index is 0.000000267. The molecular weight excluding hydrogens is 1060 g/mol. The zero-order chi connectivity index (χ0) is 53.6. The first-order valence-corrected chi connectivity index (χ1v) is 27.9. The number of aliphatic carboxylic acids is 2. The van der Waals surface area contributed by atoms with Crippen molar-refractivity contribution in [3.63, 3.8) is 0 Å². The molecule has 2 fully saturated rings. The number of carboxylic acid groups (broad SMARTS) is 2. The largest absolute Gasteiger partial charge is 0.481 e. The van der Waals surface area contributed by atoms with Crippen LogP contribution in [0.25, 0.3) is 0 Å². The number of rotatable bonds is 18. The standard InChI is InChI=1S/2C25H28Cl2FNO6S/c2*1-4-20(13-36(33,34)14(2)3)29-23(15-5-7-17(26)8-6-15)24(16-9-18(27)11-19(28)10-16)35-21(25(29)32)12-22(30)31/h2*5-11,14,20-21,23-24H,4,12-13H2,1-3H3,(H,30,31)/t20-,21+,23?,24+;20-,21-,23?,24+/m00/s1. The van der Waals surface area contributed by atoms with Crippen LogP contribution >= 0.6 is 46.4 Å². The predicted octanol–water partition coefficient (Wildman–Crippen LogP) is 10.4. The van der Waals surface area contributed by atoms with E-state index in [1.807, 2.05) is 0 Å². The lowest BCUT2D eigenvalue weighted by Crippen LogP contribution is -2.56. The van der Waals surface area contributed by atoms with Crippen LogP contribution < -0.4 is 0 Å². The van der Waals surface area contributed by atoms with Crippen LogP contribution in [0.4, 0.5) is 8.78 Å². The van der Waals surface area contributed by atoms with E-state index in [0.717, 1.165) is 12.1 Å². The van der Waals surface area contributed by atoms with Crippen LogP contribution in [-0.4, -0.2) is 107 Å². The van der Waals surface area contributed by atoms with Gasteiger partial charge < -0.3 is 29.5 Å². The van der Waals surface area contributed by atoms with E-state index in [1.165, 1.54) is 34.1 Å². The molecule has 392 valence electrons. The molecule has 2 aliphatic rings. The summed E-state index contributed by atoms with van der Waals surface area (Å²) in [5.41, 5.74) is 1.70. The van der Waals surface area contributed by atoms with Crippen molar-refractivity contribution < 1.29 is 64.5 Å². The highest BCUT2D eigenvalue weighted by Crippen LogP contribution is 2.47. The molecule has 72 heavy (non-hydrogen) atoms. The highest BCUT2D eigenvalue weighted by molar-refractivity contribution is 7.92. The number of sulfone groups is 2. The zero-order valence-corrected chi connectivity index (χ0v) is 44.7. The maximum absolute atomic E-state index is 14.4. The van der Waals surface area contributed by atoms with Crippen LogP contribution in [0.5, 0.6) is 0 Å². The minimum absolute atomic E-state index is 0.0936. The molecule has 6 rings (SSSR count). The molecule has 2 saturated heterocycles. The van der Waals surface area contributed by atoms with E-state index < -0.39 is 127 Å². The van der Waals surface area contributed by atoms with Crippen molar-refractivity contribution in [1.29, 1.82) is 0 Å². The third-order valence-electron chi connectivity index (χ3n) is 12.4. The van der Waals surface area contributed by atoms with Gasteiger partial charge in [-0.05, 0) is 123 Å². The van der Waals surface area contributed by atoms with Gasteiger partial charge in [-0.3, -0.25) is 19.2 Å². The molecule has 2 unspecified atom stereocenters. The fraction of sp³-hybridized carbons (Fsp3) is 0.440. The number of amides is 2. The summed E-state index contributed by atoms with van der Waals surface area (Å²) in [5, 5.41) is 18.6. The number of morpholine rings is 2. The van der Waals surface area contributed by atoms with Crippen molar-refractivity contribution in [2.75, 3.05) is 11.5 Å². The number of nitrogens with zero attached hydrogens (tertiary/aromatic N) is 2. The van der Waals surface area contributed by atoms with Gasteiger partial charge in [0.1, 0.15) is 36.1 Å². The molecule has 0 aromatic heterocycles. The Labute approximate surface area is 438 Å². The first-order valence-electron chi connectivity index (χ1n) is 22.9. The predicted molar refractivity (Wildman–Crippen MR) is 271 cm³/mol. The van der Waals surface area contributed by atoms with Crippen molar-refractivity contribution >= 4 is 89.8 Å².